The number of aromatic nitrogens is 4. The van der Waals surface area contributed by atoms with Crippen molar-refractivity contribution in [3.63, 3.8) is 0 Å². The maximum atomic E-state index is 14.2. The van der Waals surface area contributed by atoms with Gasteiger partial charge in [0.1, 0.15) is 29.7 Å². The van der Waals surface area contributed by atoms with Crippen molar-refractivity contribution in [3.05, 3.63) is 59.4 Å². The van der Waals surface area contributed by atoms with Crippen LogP contribution in [-0.2, 0) is 17.7 Å². The number of fused-ring (bicyclic) bond motifs is 1. The van der Waals surface area contributed by atoms with E-state index in [0.29, 0.717) is 5.82 Å². The van der Waals surface area contributed by atoms with Crippen molar-refractivity contribution in [2.45, 2.75) is 76.7 Å². The lowest BCUT2D eigenvalue weighted by molar-refractivity contribution is -0.111. The van der Waals surface area contributed by atoms with E-state index in [4.69, 9.17) is 19.2 Å². The highest BCUT2D eigenvalue weighted by atomic mass is 19.1. The van der Waals surface area contributed by atoms with Gasteiger partial charge in [-0.15, -0.1) is 10.2 Å². The zero-order valence-electron chi connectivity index (χ0n) is 29.3. The zero-order chi connectivity index (χ0) is 34.5. The highest BCUT2D eigenvalue weighted by molar-refractivity contribution is 5.97. The minimum absolute atomic E-state index is 0.0655. The molecule has 6 heterocycles. The summed E-state index contributed by atoms with van der Waals surface area (Å²) >= 11 is 0. The Labute approximate surface area is 292 Å². The van der Waals surface area contributed by atoms with E-state index in [0.717, 1.165) is 96.1 Å². The molecule has 2 aromatic heterocycles. The summed E-state index contributed by atoms with van der Waals surface area (Å²) < 4.78 is 33.0. The Morgan fingerprint density at radius 2 is 1.92 bits per heavy atom. The predicted molar refractivity (Wildman–Crippen MR) is 184 cm³/mol. The number of carbonyl (C=O) groups is 1. The van der Waals surface area contributed by atoms with Crippen molar-refractivity contribution in [3.8, 4) is 17.4 Å². The summed E-state index contributed by atoms with van der Waals surface area (Å²) in [5.41, 5.74) is 2.84. The number of benzene rings is 1. The lowest BCUT2D eigenvalue weighted by Gasteiger charge is -2.58. The fourth-order valence-corrected chi connectivity index (χ4v) is 8.39. The highest BCUT2D eigenvalue weighted by Crippen LogP contribution is 2.52. The molecular weight excluding hydrogens is 639 g/mol. The monoisotopic (exact) mass is 686 g/mol. The van der Waals surface area contributed by atoms with Crippen LogP contribution < -0.4 is 14.4 Å². The maximum Gasteiger partial charge on any atom is 0.282 e. The van der Waals surface area contributed by atoms with Crippen LogP contribution in [-0.4, -0.2) is 118 Å². The van der Waals surface area contributed by atoms with Gasteiger partial charge in [-0.3, -0.25) is 19.6 Å². The minimum Gasteiger partial charge on any atom is -0.490 e. The molecule has 5 aliphatic rings. The number of likely N-dealkylation sites (tertiary alicyclic amines) is 1. The number of pyridine rings is 1. The van der Waals surface area contributed by atoms with Crippen LogP contribution >= 0.6 is 0 Å². The third-order valence-corrected chi connectivity index (χ3v) is 11.3. The van der Waals surface area contributed by atoms with Crippen LogP contribution in [0.4, 0.5) is 10.2 Å². The van der Waals surface area contributed by atoms with Gasteiger partial charge in [0.2, 0.25) is 0 Å². The number of ether oxygens (including phenoxy) is 3. The average molecular weight is 687 g/mol. The van der Waals surface area contributed by atoms with Crippen LogP contribution in [0.2, 0.25) is 0 Å². The van der Waals surface area contributed by atoms with E-state index in [1.54, 1.807) is 11.9 Å². The van der Waals surface area contributed by atoms with Crippen molar-refractivity contribution < 1.29 is 23.4 Å². The molecule has 266 valence electrons. The van der Waals surface area contributed by atoms with Crippen molar-refractivity contribution in [1.29, 1.82) is 0 Å². The Kier molecular flexibility index (Phi) is 8.84. The first-order valence-electron chi connectivity index (χ1n) is 18.1. The molecule has 3 aromatic rings. The molecule has 0 atom stereocenters. The SMILES string of the molecule is CC(C)N(C)C(=O)c1cc(F)ccc1Oc1nncnc1N1CC2(CC(Oc3ccnc4c3CN(CCCN3CC5(CCCO5)C3)CC4)C2)C1. The summed E-state index contributed by atoms with van der Waals surface area (Å²) in [6.45, 7) is 12.6. The lowest BCUT2D eigenvalue weighted by Crippen LogP contribution is -2.65. The second-order valence-electron chi connectivity index (χ2n) is 15.3. The van der Waals surface area contributed by atoms with Crippen molar-refractivity contribution in [2.75, 3.05) is 64.4 Å². The van der Waals surface area contributed by atoms with Crippen LogP contribution in [0, 0.1) is 11.2 Å². The molecule has 0 radical (unpaired) electrons. The van der Waals surface area contributed by atoms with Gasteiger partial charge in [0, 0.05) is 88.3 Å². The maximum absolute atomic E-state index is 14.2. The molecule has 4 fully saturated rings. The molecule has 1 aromatic carbocycles. The van der Waals surface area contributed by atoms with Gasteiger partial charge in [0.05, 0.1) is 11.2 Å². The van der Waals surface area contributed by atoms with Gasteiger partial charge in [0.25, 0.3) is 11.8 Å². The number of carbonyl (C=O) groups excluding carboxylic acids is 1. The standard InChI is InChI=1S/C37H47FN8O4/c1-25(2)43(3)35(47)28-16-26(38)6-7-31(28)50-34-33(40-24-41-42-34)46-20-36(21-46)17-27(18-36)49-32-8-11-39-30-9-14-44(19-29(30)32)12-5-13-45-22-37(23-45)10-4-15-48-37/h6-8,11,16,24-25,27H,4-5,9-10,12-15,17-23H2,1-3H3. The quantitative estimate of drug-likeness (QED) is 0.288. The summed E-state index contributed by atoms with van der Waals surface area (Å²) in [5.74, 6) is 1.07. The molecule has 1 aliphatic carbocycles. The van der Waals surface area contributed by atoms with Gasteiger partial charge in [-0.1, -0.05) is 0 Å². The highest BCUT2D eigenvalue weighted by Gasteiger charge is 2.54. The Bertz CT molecular complexity index is 1710. The first-order chi connectivity index (χ1) is 24.2. The van der Waals surface area contributed by atoms with Gasteiger partial charge in [-0.2, -0.15) is 0 Å². The summed E-state index contributed by atoms with van der Waals surface area (Å²) in [4.78, 5) is 31.1. The van der Waals surface area contributed by atoms with Crippen LogP contribution in [0.3, 0.4) is 0 Å². The van der Waals surface area contributed by atoms with Crippen LogP contribution in [0.25, 0.3) is 0 Å². The Morgan fingerprint density at radius 1 is 1.10 bits per heavy atom. The fourth-order valence-electron chi connectivity index (χ4n) is 8.39. The van der Waals surface area contributed by atoms with E-state index in [2.05, 4.69) is 29.9 Å². The molecule has 1 saturated carbocycles. The molecule has 0 bridgehead atoms. The summed E-state index contributed by atoms with van der Waals surface area (Å²) in [7, 11) is 1.68. The van der Waals surface area contributed by atoms with E-state index in [9.17, 15) is 9.18 Å². The number of nitrogens with zero attached hydrogens (tertiary/aromatic N) is 8. The van der Waals surface area contributed by atoms with E-state index in [1.807, 2.05) is 26.1 Å². The first-order valence-corrected chi connectivity index (χ1v) is 18.1. The molecule has 0 N–H and O–H groups in total. The number of hydrogen-bond acceptors (Lipinski definition) is 11. The van der Waals surface area contributed by atoms with Crippen molar-refractivity contribution >= 4 is 11.7 Å². The van der Waals surface area contributed by atoms with Crippen molar-refractivity contribution in [1.82, 2.24) is 34.9 Å². The third-order valence-electron chi connectivity index (χ3n) is 11.3. The summed E-state index contributed by atoms with van der Waals surface area (Å²) in [6.07, 6.45) is 9.89. The average Bonchev–Trinajstić information content (AvgIpc) is 3.56. The topological polar surface area (TPSA) is 109 Å². The third kappa shape index (κ3) is 6.51. The molecule has 2 spiro atoms. The normalized spacial score (nSPS) is 21.1. The van der Waals surface area contributed by atoms with Crippen LogP contribution in [0.1, 0.15) is 67.6 Å². The molecule has 13 heteroatoms. The second kappa shape index (κ2) is 13.3. The Hall–Kier alpha value is -3.94. The van der Waals surface area contributed by atoms with Gasteiger partial charge >= 0.3 is 0 Å². The Morgan fingerprint density at radius 3 is 2.70 bits per heavy atom. The first kappa shape index (κ1) is 33.2. The molecule has 4 aliphatic heterocycles. The van der Waals surface area contributed by atoms with E-state index < -0.39 is 5.82 Å². The molecule has 8 rings (SSSR count). The largest absolute Gasteiger partial charge is 0.490 e. The number of anilines is 1. The number of rotatable bonds is 11. The summed E-state index contributed by atoms with van der Waals surface area (Å²) in [6, 6.07) is 5.88. The summed E-state index contributed by atoms with van der Waals surface area (Å²) in [5, 5.41) is 8.14. The van der Waals surface area contributed by atoms with Gasteiger partial charge in [-0.25, -0.2) is 9.37 Å². The fraction of sp³-hybridized carbons (Fsp3) is 0.595. The lowest BCUT2D eigenvalue weighted by atomic mass is 9.61. The van der Waals surface area contributed by atoms with Gasteiger partial charge in [0.15, 0.2) is 5.82 Å². The van der Waals surface area contributed by atoms with E-state index in [-0.39, 0.29) is 46.3 Å². The smallest absolute Gasteiger partial charge is 0.282 e. The van der Waals surface area contributed by atoms with Gasteiger partial charge < -0.3 is 24.0 Å². The van der Waals surface area contributed by atoms with Crippen LogP contribution in [0.5, 0.6) is 17.4 Å². The van der Waals surface area contributed by atoms with E-state index in [1.165, 1.54) is 42.9 Å². The number of halogens is 1. The molecular formula is C37H47FN8O4. The van der Waals surface area contributed by atoms with Crippen molar-refractivity contribution in [2.24, 2.45) is 5.41 Å². The minimum atomic E-state index is -0.517. The van der Waals surface area contributed by atoms with E-state index >= 15 is 0 Å². The predicted octanol–water partition coefficient (Wildman–Crippen LogP) is 4.34. The molecule has 0 unspecified atom stereocenters. The molecule has 12 nitrogen and oxygen atoms in total. The zero-order valence-corrected chi connectivity index (χ0v) is 29.3. The molecule has 1 amide bonds. The van der Waals surface area contributed by atoms with Crippen LogP contribution in [0.15, 0.2) is 36.8 Å². The molecule has 3 saturated heterocycles. The Balaban J connectivity index is 0.846. The number of amides is 1. The second-order valence-corrected chi connectivity index (χ2v) is 15.3. The molecule has 50 heavy (non-hydrogen) atoms. The van der Waals surface area contributed by atoms with Gasteiger partial charge in [-0.05, 0) is 83.3 Å². The number of hydrogen-bond donors (Lipinski definition) is 0.